The summed E-state index contributed by atoms with van der Waals surface area (Å²) in [5.74, 6) is -0.634. The molecule has 0 unspecified atom stereocenters. The molecule has 9 nitrogen and oxygen atoms in total. The monoisotopic (exact) mass is 538 g/mol. The minimum absolute atomic E-state index is 0.129. The fourth-order valence-electron chi connectivity index (χ4n) is 5.05. The molecule has 1 fully saturated rings. The number of amides is 3. The zero-order valence-electron chi connectivity index (χ0n) is 23.2. The van der Waals surface area contributed by atoms with E-state index in [1.807, 2.05) is 82.3 Å². The zero-order chi connectivity index (χ0) is 28.4. The van der Waals surface area contributed by atoms with Crippen LogP contribution >= 0.6 is 0 Å². The number of aromatic amines is 1. The largest absolute Gasteiger partial charge is 0.351 e. The van der Waals surface area contributed by atoms with Crippen LogP contribution in [0, 0.1) is 5.41 Å². The molecule has 40 heavy (non-hydrogen) atoms. The molecule has 0 spiro atoms. The summed E-state index contributed by atoms with van der Waals surface area (Å²) >= 11 is 0. The lowest BCUT2D eigenvalue weighted by molar-refractivity contribution is -0.140. The molecular formula is C31H34N6O3. The van der Waals surface area contributed by atoms with Gasteiger partial charge in [-0.1, -0.05) is 69.3 Å². The molecule has 206 valence electrons. The molecule has 2 aromatic heterocycles. The van der Waals surface area contributed by atoms with Crippen LogP contribution in [0.4, 0.5) is 0 Å². The highest BCUT2D eigenvalue weighted by Crippen LogP contribution is 2.25. The van der Waals surface area contributed by atoms with Gasteiger partial charge < -0.3 is 20.1 Å². The number of hydrogen-bond acceptors (Lipinski definition) is 5. The fourth-order valence-corrected chi connectivity index (χ4v) is 5.05. The summed E-state index contributed by atoms with van der Waals surface area (Å²) in [5, 5.41) is 3.90. The molecule has 0 aliphatic carbocycles. The van der Waals surface area contributed by atoms with Crippen molar-refractivity contribution in [1.82, 2.24) is 30.1 Å². The molecule has 9 heteroatoms. The molecule has 1 aliphatic rings. The van der Waals surface area contributed by atoms with Crippen molar-refractivity contribution in [2.24, 2.45) is 5.41 Å². The molecule has 1 aliphatic heterocycles. The molecule has 0 radical (unpaired) electrons. The van der Waals surface area contributed by atoms with Gasteiger partial charge in [0.2, 0.25) is 11.7 Å². The molecule has 4 aromatic rings. The molecule has 3 amide bonds. The smallest absolute Gasteiger partial charge is 0.291 e. The summed E-state index contributed by atoms with van der Waals surface area (Å²) in [6.45, 7) is 8.76. The van der Waals surface area contributed by atoms with Crippen molar-refractivity contribution in [3.8, 4) is 11.1 Å². The Morgan fingerprint density at radius 1 is 0.950 bits per heavy atom. The van der Waals surface area contributed by atoms with Gasteiger partial charge in [0.1, 0.15) is 11.7 Å². The Balaban J connectivity index is 1.25. The van der Waals surface area contributed by atoms with E-state index in [-0.39, 0.29) is 29.6 Å². The van der Waals surface area contributed by atoms with Crippen LogP contribution in [0.2, 0.25) is 0 Å². The standard InChI is InChI=1S/C31H34N6O3/c1-20-19-36(30(40)27-32-17-23(18-33-27)21-10-6-5-7-11-21)14-15-37(20)29(39)26(31(2,3)4)35-28(38)25-16-22-12-8-9-13-24(22)34-25/h5-13,16-18,20,26,34H,14-15,19H2,1-4H3,(H,35,38)/t20-,26-/m1/s1. The lowest BCUT2D eigenvalue weighted by atomic mass is 9.85. The van der Waals surface area contributed by atoms with E-state index >= 15 is 0 Å². The summed E-state index contributed by atoms with van der Waals surface area (Å²) < 4.78 is 0. The van der Waals surface area contributed by atoms with E-state index in [1.54, 1.807) is 28.3 Å². The molecule has 2 atom stereocenters. The van der Waals surface area contributed by atoms with Gasteiger partial charge in [-0.15, -0.1) is 0 Å². The Labute approximate surface area is 233 Å². The van der Waals surface area contributed by atoms with E-state index in [4.69, 9.17) is 0 Å². The number of fused-ring (bicyclic) bond motifs is 1. The molecule has 5 rings (SSSR count). The number of carbonyl (C=O) groups is 3. The van der Waals surface area contributed by atoms with E-state index in [0.29, 0.717) is 25.3 Å². The highest BCUT2D eigenvalue weighted by Gasteiger charge is 2.40. The van der Waals surface area contributed by atoms with Gasteiger partial charge in [0.15, 0.2) is 0 Å². The van der Waals surface area contributed by atoms with E-state index in [1.165, 1.54) is 0 Å². The summed E-state index contributed by atoms with van der Waals surface area (Å²) in [4.78, 5) is 55.3. The minimum Gasteiger partial charge on any atom is -0.351 e. The van der Waals surface area contributed by atoms with Crippen LogP contribution in [0.5, 0.6) is 0 Å². The number of nitrogens with one attached hydrogen (secondary N) is 2. The lowest BCUT2D eigenvalue weighted by Gasteiger charge is -2.43. The van der Waals surface area contributed by atoms with Crippen LogP contribution in [-0.4, -0.2) is 74.2 Å². The van der Waals surface area contributed by atoms with Gasteiger partial charge in [-0.2, -0.15) is 0 Å². The molecule has 0 saturated carbocycles. The van der Waals surface area contributed by atoms with E-state index < -0.39 is 11.5 Å². The average molecular weight is 539 g/mol. The van der Waals surface area contributed by atoms with Crippen LogP contribution < -0.4 is 5.32 Å². The number of nitrogens with zero attached hydrogens (tertiary/aromatic N) is 4. The van der Waals surface area contributed by atoms with Crippen LogP contribution in [0.15, 0.2) is 73.1 Å². The van der Waals surface area contributed by atoms with Crippen LogP contribution in [-0.2, 0) is 4.79 Å². The first kappa shape index (κ1) is 27.1. The van der Waals surface area contributed by atoms with Gasteiger partial charge in [0, 0.05) is 54.5 Å². The number of para-hydroxylation sites is 1. The van der Waals surface area contributed by atoms with Crippen molar-refractivity contribution >= 4 is 28.6 Å². The number of rotatable bonds is 5. The average Bonchev–Trinajstić information content (AvgIpc) is 3.40. The van der Waals surface area contributed by atoms with Crippen molar-refractivity contribution in [3.05, 3.63) is 84.6 Å². The topological polar surface area (TPSA) is 111 Å². The zero-order valence-corrected chi connectivity index (χ0v) is 23.2. The third kappa shape index (κ3) is 5.59. The summed E-state index contributed by atoms with van der Waals surface area (Å²) in [5.41, 5.74) is 2.56. The Morgan fingerprint density at radius 2 is 1.62 bits per heavy atom. The second kappa shape index (κ2) is 10.9. The summed E-state index contributed by atoms with van der Waals surface area (Å²) in [7, 11) is 0. The third-order valence-corrected chi connectivity index (χ3v) is 7.31. The molecule has 0 bridgehead atoms. The van der Waals surface area contributed by atoms with Crippen molar-refractivity contribution in [3.63, 3.8) is 0 Å². The Bertz CT molecular complexity index is 1490. The van der Waals surface area contributed by atoms with Gasteiger partial charge >= 0.3 is 0 Å². The Hall–Kier alpha value is -4.53. The van der Waals surface area contributed by atoms with Crippen molar-refractivity contribution < 1.29 is 14.4 Å². The van der Waals surface area contributed by atoms with Crippen molar-refractivity contribution in [2.45, 2.75) is 39.8 Å². The van der Waals surface area contributed by atoms with Crippen LogP contribution in [0.3, 0.4) is 0 Å². The summed E-state index contributed by atoms with van der Waals surface area (Å²) in [6, 6.07) is 18.2. The predicted octanol–water partition coefficient (Wildman–Crippen LogP) is 4.14. The second-order valence-electron chi connectivity index (χ2n) is 11.3. The number of carbonyl (C=O) groups excluding carboxylic acids is 3. The fraction of sp³-hybridized carbons (Fsp3) is 0.323. The number of H-pyrrole nitrogens is 1. The van der Waals surface area contributed by atoms with Crippen LogP contribution in [0.25, 0.3) is 22.0 Å². The number of piperazine rings is 1. The van der Waals surface area contributed by atoms with Gasteiger partial charge in [-0.25, -0.2) is 9.97 Å². The molecule has 2 N–H and O–H groups in total. The number of benzene rings is 2. The molecule has 3 heterocycles. The Morgan fingerprint density at radius 3 is 2.27 bits per heavy atom. The maximum Gasteiger partial charge on any atom is 0.291 e. The van der Waals surface area contributed by atoms with E-state index in [0.717, 1.165) is 22.0 Å². The number of aromatic nitrogens is 3. The maximum absolute atomic E-state index is 13.8. The van der Waals surface area contributed by atoms with E-state index in [9.17, 15) is 14.4 Å². The quantitative estimate of drug-likeness (QED) is 0.397. The first-order chi connectivity index (χ1) is 19.1. The highest BCUT2D eigenvalue weighted by molar-refractivity contribution is 6.00. The first-order valence-corrected chi connectivity index (χ1v) is 13.5. The molecule has 2 aromatic carbocycles. The van der Waals surface area contributed by atoms with Gasteiger partial charge in [0.05, 0.1) is 0 Å². The Kier molecular flexibility index (Phi) is 7.38. The first-order valence-electron chi connectivity index (χ1n) is 13.5. The maximum atomic E-state index is 13.8. The van der Waals surface area contributed by atoms with Gasteiger partial charge in [0.25, 0.3) is 11.8 Å². The highest BCUT2D eigenvalue weighted by atomic mass is 16.2. The molecular weight excluding hydrogens is 504 g/mol. The lowest BCUT2D eigenvalue weighted by Crippen LogP contribution is -2.62. The van der Waals surface area contributed by atoms with Gasteiger partial charge in [-0.3, -0.25) is 14.4 Å². The van der Waals surface area contributed by atoms with Crippen molar-refractivity contribution in [1.29, 1.82) is 0 Å². The summed E-state index contributed by atoms with van der Waals surface area (Å²) in [6.07, 6.45) is 3.31. The number of hydrogen-bond donors (Lipinski definition) is 2. The van der Waals surface area contributed by atoms with Gasteiger partial charge in [-0.05, 0) is 30.0 Å². The molecule has 1 saturated heterocycles. The predicted molar refractivity (Wildman–Crippen MR) is 154 cm³/mol. The van der Waals surface area contributed by atoms with E-state index in [2.05, 4.69) is 20.3 Å². The SMILES string of the molecule is C[C@@H]1CN(C(=O)c2ncc(-c3ccccc3)cn2)CCN1C(=O)[C@@H](NC(=O)c1cc2ccccc2[nH]1)C(C)(C)C. The van der Waals surface area contributed by atoms with Crippen molar-refractivity contribution in [2.75, 3.05) is 19.6 Å². The van der Waals surface area contributed by atoms with Crippen LogP contribution in [0.1, 0.15) is 48.8 Å². The minimum atomic E-state index is -0.745. The third-order valence-electron chi connectivity index (χ3n) is 7.31. The normalized spacial score (nSPS) is 16.6. The second-order valence-corrected chi connectivity index (χ2v) is 11.3.